The number of hydrogen-bond donors (Lipinski definition) is 2. The van der Waals surface area contributed by atoms with Gasteiger partial charge >= 0.3 is 0 Å². The van der Waals surface area contributed by atoms with E-state index in [1.807, 2.05) is 0 Å². The Hall–Kier alpha value is -1.36. The summed E-state index contributed by atoms with van der Waals surface area (Å²) in [4.78, 5) is 8.50. The highest BCUT2D eigenvalue weighted by Gasteiger charge is 1.97. The molecule has 1 aromatic rings. The normalized spacial score (nSPS) is 10.1. The van der Waals surface area contributed by atoms with Gasteiger partial charge in [0.15, 0.2) is 0 Å². The molecule has 0 atom stereocenters. The van der Waals surface area contributed by atoms with Gasteiger partial charge in [0.25, 0.3) is 0 Å². The summed E-state index contributed by atoms with van der Waals surface area (Å²) in [7, 11) is 1.70. The predicted molar refractivity (Wildman–Crippen MR) is 65.8 cm³/mol. The molecule has 16 heavy (non-hydrogen) atoms. The van der Waals surface area contributed by atoms with Gasteiger partial charge in [-0.15, -0.1) is 0 Å². The number of anilines is 2. The van der Waals surface area contributed by atoms with E-state index in [4.69, 9.17) is 4.74 Å². The molecule has 90 valence electrons. The minimum absolute atomic E-state index is 0.758. The molecule has 0 bridgehead atoms. The number of ether oxygens (including phenoxy) is 1. The summed E-state index contributed by atoms with van der Waals surface area (Å²) in [6.07, 6.45) is 5.50. The molecule has 0 radical (unpaired) electrons. The molecule has 0 saturated heterocycles. The van der Waals surface area contributed by atoms with Crippen LogP contribution in [-0.2, 0) is 4.74 Å². The zero-order valence-corrected chi connectivity index (χ0v) is 9.99. The average Bonchev–Trinajstić information content (AvgIpc) is 2.33. The van der Waals surface area contributed by atoms with Gasteiger partial charge in [0, 0.05) is 26.8 Å². The molecular weight excluding hydrogens is 204 g/mol. The van der Waals surface area contributed by atoms with Crippen LogP contribution >= 0.6 is 0 Å². The maximum absolute atomic E-state index is 4.97. The predicted octanol–water partition coefficient (Wildman–Crippen LogP) is 1.75. The quantitative estimate of drug-likeness (QED) is 0.659. The van der Waals surface area contributed by atoms with E-state index < -0.39 is 0 Å². The van der Waals surface area contributed by atoms with Crippen molar-refractivity contribution >= 4 is 11.6 Å². The van der Waals surface area contributed by atoms with Gasteiger partial charge in [0.2, 0.25) is 0 Å². The van der Waals surface area contributed by atoms with E-state index in [0.29, 0.717) is 0 Å². The van der Waals surface area contributed by atoms with Gasteiger partial charge in [-0.3, -0.25) is 4.98 Å². The molecule has 0 amide bonds. The molecule has 1 aromatic heterocycles. The molecule has 1 heterocycles. The third kappa shape index (κ3) is 4.93. The first-order valence-corrected chi connectivity index (χ1v) is 5.65. The lowest BCUT2D eigenvalue weighted by Gasteiger charge is -2.07. The van der Waals surface area contributed by atoms with Crippen molar-refractivity contribution < 1.29 is 4.74 Å². The lowest BCUT2D eigenvalue weighted by molar-refractivity contribution is 0.198. The first kappa shape index (κ1) is 12.7. The van der Waals surface area contributed by atoms with E-state index >= 15 is 0 Å². The number of rotatable bonds is 8. The maximum Gasteiger partial charge on any atom is 0.146 e. The standard InChI is InChI=1S/C11H20N4O/c1-3-5-13-10-8-12-9-11(15-10)14-6-4-7-16-2/h8-9H,3-7H2,1-2H3,(H2,13,14,15). The van der Waals surface area contributed by atoms with Crippen molar-refractivity contribution in [3.05, 3.63) is 12.4 Å². The Bertz CT molecular complexity index is 293. The summed E-state index contributed by atoms with van der Waals surface area (Å²) in [6.45, 7) is 4.64. The summed E-state index contributed by atoms with van der Waals surface area (Å²) in [6, 6.07) is 0. The Labute approximate surface area is 96.6 Å². The fourth-order valence-corrected chi connectivity index (χ4v) is 1.22. The molecular formula is C11H20N4O. The second-order valence-corrected chi connectivity index (χ2v) is 3.49. The SMILES string of the molecule is CCCNc1cncc(NCCCOC)n1. The first-order valence-electron chi connectivity index (χ1n) is 5.65. The summed E-state index contributed by atoms with van der Waals surface area (Å²) < 4.78 is 4.97. The van der Waals surface area contributed by atoms with Crippen LogP contribution in [0.5, 0.6) is 0 Å². The van der Waals surface area contributed by atoms with Gasteiger partial charge in [-0.25, -0.2) is 4.98 Å². The molecule has 5 nitrogen and oxygen atoms in total. The van der Waals surface area contributed by atoms with Gasteiger partial charge in [-0.2, -0.15) is 0 Å². The van der Waals surface area contributed by atoms with E-state index in [-0.39, 0.29) is 0 Å². The Balaban J connectivity index is 2.35. The molecule has 0 spiro atoms. The molecule has 0 unspecified atom stereocenters. The highest BCUT2D eigenvalue weighted by atomic mass is 16.5. The maximum atomic E-state index is 4.97. The molecule has 5 heteroatoms. The summed E-state index contributed by atoms with van der Waals surface area (Å²) in [5.41, 5.74) is 0. The van der Waals surface area contributed by atoms with E-state index in [1.165, 1.54) is 0 Å². The van der Waals surface area contributed by atoms with Crippen LogP contribution in [0.2, 0.25) is 0 Å². The lowest BCUT2D eigenvalue weighted by Crippen LogP contribution is -2.08. The van der Waals surface area contributed by atoms with Crippen molar-refractivity contribution in [1.29, 1.82) is 0 Å². The molecule has 0 aliphatic rings. The van der Waals surface area contributed by atoms with Crippen LogP contribution in [0.25, 0.3) is 0 Å². The van der Waals surface area contributed by atoms with E-state index in [2.05, 4.69) is 27.5 Å². The third-order valence-corrected chi connectivity index (χ3v) is 2.02. The third-order valence-electron chi connectivity index (χ3n) is 2.02. The van der Waals surface area contributed by atoms with Crippen molar-refractivity contribution in [2.45, 2.75) is 19.8 Å². The average molecular weight is 224 g/mol. The number of nitrogens with zero attached hydrogens (tertiary/aromatic N) is 2. The van der Waals surface area contributed by atoms with Crippen molar-refractivity contribution in [3.63, 3.8) is 0 Å². The second kappa shape index (κ2) is 7.87. The summed E-state index contributed by atoms with van der Waals surface area (Å²) in [5, 5.41) is 6.40. The zero-order chi connectivity index (χ0) is 11.6. The molecule has 0 fully saturated rings. The fourth-order valence-electron chi connectivity index (χ4n) is 1.22. The van der Waals surface area contributed by atoms with Gasteiger partial charge in [0.05, 0.1) is 12.4 Å². The monoisotopic (exact) mass is 224 g/mol. The number of nitrogens with one attached hydrogen (secondary N) is 2. The van der Waals surface area contributed by atoms with Crippen molar-refractivity contribution in [3.8, 4) is 0 Å². The zero-order valence-electron chi connectivity index (χ0n) is 9.99. The van der Waals surface area contributed by atoms with Crippen LogP contribution < -0.4 is 10.6 Å². The topological polar surface area (TPSA) is 59.1 Å². The Morgan fingerprint density at radius 3 is 2.50 bits per heavy atom. The molecule has 0 aliphatic heterocycles. The minimum Gasteiger partial charge on any atom is -0.385 e. The van der Waals surface area contributed by atoms with Crippen LogP contribution in [0, 0.1) is 0 Å². The summed E-state index contributed by atoms with van der Waals surface area (Å²) >= 11 is 0. The second-order valence-electron chi connectivity index (χ2n) is 3.49. The Morgan fingerprint density at radius 2 is 1.88 bits per heavy atom. The van der Waals surface area contributed by atoms with Crippen LogP contribution in [0.1, 0.15) is 19.8 Å². The van der Waals surface area contributed by atoms with Gasteiger partial charge < -0.3 is 15.4 Å². The molecule has 0 aliphatic carbocycles. The first-order chi connectivity index (χ1) is 7.86. The van der Waals surface area contributed by atoms with Crippen LogP contribution in [0.4, 0.5) is 11.6 Å². The van der Waals surface area contributed by atoms with E-state index in [1.54, 1.807) is 19.5 Å². The number of hydrogen-bond acceptors (Lipinski definition) is 5. The van der Waals surface area contributed by atoms with Crippen molar-refractivity contribution in [2.75, 3.05) is 37.4 Å². The summed E-state index contributed by atoms with van der Waals surface area (Å²) in [5.74, 6) is 1.62. The number of methoxy groups -OCH3 is 1. The van der Waals surface area contributed by atoms with Crippen molar-refractivity contribution in [1.82, 2.24) is 9.97 Å². The van der Waals surface area contributed by atoms with Gasteiger partial charge in [-0.05, 0) is 12.8 Å². The van der Waals surface area contributed by atoms with Crippen LogP contribution in [0.15, 0.2) is 12.4 Å². The van der Waals surface area contributed by atoms with Crippen LogP contribution in [0.3, 0.4) is 0 Å². The largest absolute Gasteiger partial charge is 0.385 e. The smallest absolute Gasteiger partial charge is 0.146 e. The van der Waals surface area contributed by atoms with E-state index in [0.717, 1.165) is 44.2 Å². The highest BCUT2D eigenvalue weighted by molar-refractivity contribution is 5.41. The molecule has 0 aromatic carbocycles. The molecule has 0 saturated carbocycles. The molecule has 2 N–H and O–H groups in total. The molecule has 1 rings (SSSR count). The minimum atomic E-state index is 0.758. The van der Waals surface area contributed by atoms with Gasteiger partial charge in [-0.1, -0.05) is 6.92 Å². The van der Waals surface area contributed by atoms with E-state index in [9.17, 15) is 0 Å². The Morgan fingerprint density at radius 1 is 1.19 bits per heavy atom. The van der Waals surface area contributed by atoms with Gasteiger partial charge in [0.1, 0.15) is 11.6 Å². The van der Waals surface area contributed by atoms with Crippen molar-refractivity contribution in [2.24, 2.45) is 0 Å². The van der Waals surface area contributed by atoms with Crippen LogP contribution in [-0.4, -0.2) is 36.8 Å². The Kier molecular flexibility index (Phi) is 6.25. The lowest BCUT2D eigenvalue weighted by atomic mass is 10.4. The highest BCUT2D eigenvalue weighted by Crippen LogP contribution is 2.06. The number of aromatic nitrogens is 2. The fraction of sp³-hybridized carbons (Fsp3) is 0.636.